The lowest BCUT2D eigenvalue weighted by molar-refractivity contribution is -0.00000301. The number of aryl methyl sites for hydroxylation is 1. The molecule has 0 saturated carbocycles. The number of nitrogen functional groups attached to an aromatic ring is 1. The van der Waals surface area contributed by atoms with E-state index in [1.54, 1.807) is 19.1 Å². The van der Waals surface area contributed by atoms with Crippen molar-refractivity contribution in [1.82, 2.24) is 0 Å². The molecule has 0 unspecified atom stereocenters. The van der Waals surface area contributed by atoms with Crippen LogP contribution in [-0.4, -0.2) is 5.11 Å². The molecule has 3 N–H and O–H groups in total. The zero-order chi connectivity index (χ0) is 7.72. The molecule has 0 atom stereocenters. The van der Waals surface area contributed by atoms with Gasteiger partial charge in [0, 0.05) is 0 Å². The number of nitrogens with two attached hydrogens (primary N) is 1. The molecule has 0 aliphatic heterocycles. The molecule has 1 rings (SSSR count). The van der Waals surface area contributed by atoms with Crippen LogP contribution >= 0.6 is 11.6 Å². The lowest BCUT2D eigenvalue weighted by atomic mass is 10.2. The van der Waals surface area contributed by atoms with Crippen LogP contribution < -0.4 is 18.1 Å². The summed E-state index contributed by atoms with van der Waals surface area (Å²) in [6.45, 7) is 1.76. The number of phenolic OH excluding ortho intramolecular Hbond substituents is 1. The van der Waals surface area contributed by atoms with Crippen molar-refractivity contribution in [2.24, 2.45) is 0 Å². The molecule has 0 heterocycles. The van der Waals surface area contributed by atoms with Gasteiger partial charge in [-0.1, -0.05) is 17.7 Å². The molecule has 0 bridgehead atoms. The maximum atomic E-state index is 9.18. The van der Waals surface area contributed by atoms with Crippen LogP contribution in [0.5, 0.6) is 5.75 Å². The Labute approximate surface area is 77.9 Å². The van der Waals surface area contributed by atoms with Crippen molar-refractivity contribution >= 4 is 17.3 Å². The van der Waals surface area contributed by atoms with Gasteiger partial charge in [-0.05, 0) is 18.6 Å². The molecule has 0 aromatic heterocycles. The Morgan fingerprint density at radius 2 is 2.09 bits per heavy atom. The normalized spacial score (nSPS) is 8.91. The highest BCUT2D eigenvalue weighted by Gasteiger charge is 2.03. The van der Waals surface area contributed by atoms with Gasteiger partial charge in [0.15, 0.2) is 0 Å². The highest BCUT2D eigenvalue weighted by Crippen LogP contribution is 2.31. The molecule has 4 heteroatoms. The number of rotatable bonds is 0. The summed E-state index contributed by atoms with van der Waals surface area (Å²) in [5.41, 5.74) is 6.54. The smallest absolute Gasteiger partial charge is 1.00 e. The second-order valence-electron chi connectivity index (χ2n) is 2.13. The Morgan fingerprint density at radius 3 is 2.55 bits per heavy atom. The molecule has 1 aromatic rings. The van der Waals surface area contributed by atoms with Gasteiger partial charge in [0.1, 0.15) is 10.8 Å². The van der Waals surface area contributed by atoms with Crippen molar-refractivity contribution in [3.63, 3.8) is 0 Å². The predicted molar refractivity (Wildman–Crippen MR) is 43.4 cm³/mol. The summed E-state index contributed by atoms with van der Waals surface area (Å²) in [7, 11) is 0. The average Bonchev–Trinajstić information content (AvgIpc) is 1.93. The lowest BCUT2D eigenvalue weighted by Gasteiger charge is -2.02. The molecule has 11 heavy (non-hydrogen) atoms. The molecule has 0 aliphatic rings. The fraction of sp³-hybridized carbons (Fsp3) is 0.143. The molecule has 1 aromatic carbocycles. The van der Waals surface area contributed by atoms with E-state index in [1.165, 1.54) is 0 Å². The number of aromatic hydroxyl groups is 1. The van der Waals surface area contributed by atoms with E-state index < -0.39 is 0 Å². The fourth-order valence-electron chi connectivity index (χ4n) is 0.677. The van der Waals surface area contributed by atoms with Crippen molar-refractivity contribution in [3.05, 3.63) is 22.7 Å². The SMILES string of the molecule is Cc1ccc(N)c(Cl)c1O.[Cl-].[H+]. The number of benzene rings is 1. The Kier molecular flexibility index (Phi) is 3.49. The minimum absolute atomic E-state index is 0. The van der Waals surface area contributed by atoms with Crippen LogP contribution in [0.25, 0.3) is 0 Å². The summed E-state index contributed by atoms with van der Waals surface area (Å²) in [4.78, 5) is 0. The first-order valence-corrected chi connectivity index (χ1v) is 3.24. The molecule has 0 amide bonds. The first-order chi connectivity index (χ1) is 4.63. The Bertz CT molecular complexity index is 241. The van der Waals surface area contributed by atoms with E-state index in [2.05, 4.69) is 0 Å². The van der Waals surface area contributed by atoms with Crippen molar-refractivity contribution in [1.29, 1.82) is 0 Å². The number of hydrogen-bond acceptors (Lipinski definition) is 2. The van der Waals surface area contributed by atoms with Gasteiger partial charge in [-0.25, -0.2) is 0 Å². The van der Waals surface area contributed by atoms with Gasteiger partial charge in [0.2, 0.25) is 0 Å². The lowest BCUT2D eigenvalue weighted by Crippen LogP contribution is -3.00. The number of phenols is 1. The van der Waals surface area contributed by atoms with Gasteiger partial charge in [0.25, 0.3) is 0 Å². The highest BCUT2D eigenvalue weighted by atomic mass is 35.5. The molecule has 0 radical (unpaired) electrons. The molecular weight excluding hydrogens is 185 g/mol. The van der Waals surface area contributed by atoms with Crippen LogP contribution in [0.15, 0.2) is 12.1 Å². The van der Waals surface area contributed by atoms with E-state index in [0.717, 1.165) is 5.56 Å². The number of anilines is 1. The van der Waals surface area contributed by atoms with Gasteiger partial charge in [0.05, 0.1) is 5.69 Å². The Hall–Kier alpha value is -0.600. The third-order valence-corrected chi connectivity index (χ3v) is 1.74. The Morgan fingerprint density at radius 1 is 1.55 bits per heavy atom. The van der Waals surface area contributed by atoms with E-state index in [-0.39, 0.29) is 24.6 Å². The quantitative estimate of drug-likeness (QED) is 0.523. The number of hydrogen-bond donors (Lipinski definition) is 2. The maximum Gasteiger partial charge on any atom is 1.00 e. The molecular formula is C7H9Cl2NO. The fourth-order valence-corrected chi connectivity index (χ4v) is 0.889. The summed E-state index contributed by atoms with van der Waals surface area (Å²) < 4.78 is 0. The first-order valence-electron chi connectivity index (χ1n) is 2.86. The minimum atomic E-state index is 0. The maximum absolute atomic E-state index is 9.18. The summed E-state index contributed by atoms with van der Waals surface area (Å²) in [5.74, 6) is 0.0710. The van der Waals surface area contributed by atoms with Gasteiger partial charge < -0.3 is 23.2 Å². The van der Waals surface area contributed by atoms with Gasteiger partial charge in [-0.15, -0.1) is 0 Å². The first kappa shape index (κ1) is 10.4. The second-order valence-corrected chi connectivity index (χ2v) is 2.51. The van der Waals surface area contributed by atoms with E-state index in [0.29, 0.717) is 5.69 Å². The van der Waals surface area contributed by atoms with Crippen molar-refractivity contribution in [2.75, 3.05) is 5.73 Å². The van der Waals surface area contributed by atoms with Crippen molar-refractivity contribution in [3.8, 4) is 5.75 Å². The molecule has 2 nitrogen and oxygen atoms in total. The van der Waals surface area contributed by atoms with Gasteiger partial charge in [-0.3, -0.25) is 0 Å². The standard InChI is InChI=1S/C7H8ClNO.ClH/c1-4-2-3-5(9)6(8)7(4)10;/h2-3,10H,9H2,1H3;1H. The number of halogens is 2. The third kappa shape index (κ3) is 1.91. The molecule has 0 spiro atoms. The predicted octanol–water partition coefficient (Wildman–Crippen LogP) is -0.947. The van der Waals surface area contributed by atoms with Gasteiger partial charge >= 0.3 is 1.43 Å². The van der Waals surface area contributed by atoms with Crippen LogP contribution in [0, 0.1) is 6.92 Å². The zero-order valence-electron chi connectivity index (χ0n) is 6.94. The summed E-state index contributed by atoms with van der Waals surface area (Å²) in [5, 5.41) is 9.41. The Balaban J connectivity index is 0. The van der Waals surface area contributed by atoms with Crippen molar-refractivity contribution in [2.45, 2.75) is 6.92 Å². The van der Waals surface area contributed by atoms with Crippen LogP contribution in [0.1, 0.15) is 6.99 Å². The van der Waals surface area contributed by atoms with E-state index in [9.17, 15) is 5.11 Å². The second kappa shape index (κ2) is 3.69. The van der Waals surface area contributed by atoms with Crippen LogP contribution in [0.2, 0.25) is 5.02 Å². The van der Waals surface area contributed by atoms with Crippen LogP contribution in [-0.2, 0) is 0 Å². The average molecular weight is 194 g/mol. The molecule has 0 fully saturated rings. The minimum Gasteiger partial charge on any atom is -1.00 e. The summed E-state index contributed by atoms with van der Waals surface area (Å²) in [6.07, 6.45) is 0. The van der Waals surface area contributed by atoms with Crippen molar-refractivity contribution < 1.29 is 18.9 Å². The van der Waals surface area contributed by atoms with E-state index in [4.69, 9.17) is 17.3 Å². The monoisotopic (exact) mass is 193 g/mol. The van der Waals surface area contributed by atoms with E-state index >= 15 is 0 Å². The topological polar surface area (TPSA) is 46.2 Å². The van der Waals surface area contributed by atoms with Crippen LogP contribution in [0.3, 0.4) is 0 Å². The molecule has 0 saturated heterocycles. The zero-order valence-corrected chi connectivity index (χ0v) is 7.45. The molecule has 0 aliphatic carbocycles. The largest absolute Gasteiger partial charge is 1.00 e. The highest BCUT2D eigenvalue weighted by molar-refractivity contribution is 6.34. The van der Waals surface area contributed by atoms with Gasteiger partial charge in [-0.2, -0.15) is 0 Å². The summed E-state index contributed by atoms with van der Waals surface area (Å²) in [6, 6.07) is 3.38. The summed E-state index contributed by atoms with van der Waals surface area (Å²) >= 11 is 5.61. The molecule has 62 valence electrons. The third-order valence-electron chi connectivity index (χ3n) is 1.35. The van der Waals surface area contributed by atoms with Crippen LogP contribution in [0.4, 0.5) is 5.69 Å². The van der Waals surface area contributed by atoms with E-state index in [1.807, 2.05) is 0 Å².